The summed E-state index contributed by atoms with van der Waals surface area (Å²) < 4.78 is 2.70. The fraction of sp³-hybridized carbons (Fsp3) is 0.184. The first-order valence-electron chi connectivity index (χ1n) is 32.6. The minimum absolute atomic E-state index is 0.00957. The van der Waals surface area contributed by atoms with E-state index in [-0.39, 0.29) is 28.4 Å². The highest BCUT2D eigenvalue weighted by Crippen LogP contribution is 2.51. The van der Waals surface area contributed by atoms with E-state index in [4.69, 9.17) is 4.98 Å². The van der Waals surface area contributed by atoms with Gasteiger partial charge in [0, 0.05) is 73.5 Å². The van der Waals surface area contributed by atoms with Gasteiger partial charge < -0.3 is 9.47 Å². The fourth-order valence-corrected chi connectivity index (χ4v) is 15.3. The van der Waals surface area contributed by atoms with Crippen molar-refractivity contribution in [3.63, 3.8) is 0 Å². The number of nitrogens with zero attached hydrogens (tertiary/aromatic N) is 3. The van der Waals surface area contributed by atoms with Gasteiger partial charge in [-0.2, -0.15) is 0 Å². The standard InChI is InChI=1S/C87H76BN3/c1-84(2,3)58-34-30-54(31-35-58)71-51-89-52-72(55-32-36-59(37-33-55)85(4,5)6)79(71)57-48-77-82-78(49-57)91-76-45-43-69-67-28-19-18-26-65(67)66-27-20-21-29-68(66)80(69)81(76)70-46-56(64-25-17-16-24-63(64)53-22-14-13-15-23-53)47-74(83(70)91)88(82)73-50-61(87(10,11)12)40-44-75(73)90(77)62-41-38-60(39-42-62)86(7,8)9/h13-52H,1-12H3. The van der Waals surface area contributed by atoms with Gasteiger partial charge in [0.05, 0.1) is 5.52 Å². The number of hydrogen-bond donors (Lipinski definition) is 0. The van der Waals surface area contributed by atoms with Gasteiger partial charge in [0.2, 0.25) is 0 Å². The summed E-state index contributed by atoms with van der Waals surface area (Å²) in [4.78, 5) is 7.79. The maximum Gasteiger partial charge on any atom is 0.252 e. The number of benzene rings is 12. The molecule has 0 N–H and O–H groups in total. The molecular weight excluding hydrogens is 1100 g/mol. The van der Waals surface area contributed by atoms with Crippen molar-refractivity contribution < 1.29 is 0 Å². The van der Waals surface area contributed by atoms with Crippen LogP contribution in [0.5, 0.6) is 0 Å². The molecule has 0 spiro atoms. The molecule has 0 amide bonds. The van der Waals surface area contributed by atoms with Crippen LogP contribution in [0, 0.1) is 0 Å². The maximum atomic E-state index is 5.18. The number of hydrogen-bond acceptors (Lipinski definition) is 2. The highest BCUT2D eigenvalue weighted by atomic mass is 15.2. The third kappa shape index (κ3) is 9.03. The molecule has 0 saturated heterocycles. The van der Waals surface area contributed by atoms with Crippen molar-refractivity contribution in [3.8, 4) is 61.3 Å². The van der Waals surface area contributed by atoms with E-state index in [0.29, 0.717) is 0 Å². The zero-order chi connectivity index (χ0) is 62.6. The Morgan fingerprint density at radius 1 is 0.319 bits per heavy atom. The molecule has 2 aliphatic rings. The second kappa shape index (κ2) is 20.4. The summed E-state index contributed by atoms with van der Waals surface area (Å²) in [6.07, 6.45) is 4.23. The molecule has 4 heteroatoms. The Hall–Kier alpha value is -9.77. The van der Waals surface area contributed by atoms with Gasteiger partial charge in [-0.25, -0.2) is 0 Å². The molecule has 2 aromatic heterocycles. The van der Waals surface area contributed by atoms with Crippen molar-refractivity contribution in [1.29, 1.82) is 0 Å². The van der Waals surface area contributed by atoms with Gasteiger partial charge in [0.1, 0.15) is 0 Å². The number of fused-ring (bicyclic) bond motifs is 14. The Morgan fingerprint density at radius 3 is 1.36 bits per heavy atom. The third-order valence-corrected chi connectivity index (χ3v) is 20.1. The third-order valence-electron chi connectivity index (χ3n) is 20.1. The molecule has 0 atom stereocenters. The van der Waals surface area contributed by atoms with E-state index in [9.17, 15) is 0 Å². The van der Waals surface area contributed by atoms with Crippen molar-refractivity contribution >= 4 is 94.3 Å². The summed E-state index contributed by atoms with van der Waals surface area (Å²) >= 11 is 0. The van der Waals surface area contributed by atoms with E-state index in [1.54, 1.807) is 0 Å². The quantitative estimate of drug-likeness (QED) is 0.122. The monoisotopic (exact) mass is 1170 g/mol. The molecule has 0 fully saturated rings. The Morgan fingerprint density at radius 2 is 0.791 bits per heavy atom. The summed E-state index contributed by atoms with van der Waals surface area (Å²) in [7, 11) is 0. The van der Waals surface area contributed by atoms with Gasteiger partial charge in [-0.05, 0) is 169 Å². The van der Waals surface area contributed by atoms with Crippen LogP contribution < -0.4 is 21.3 Å². The minimum Gasteiger partial charge on any atom is -0.311 e. The van der Waals surface area contributed by atoms with Crippen LogP contribution in [0.2, 0.25) is 0 Å². The van der Waals surface area contributed by atoms with Crippen LogP contribution in [0.3, 0.4) is 0 Å². The molecule has 91 heavy (non-hydrogen) atoms. The number of rotatable bonds is 6. The lowest BCUT2D eigenvalue weighted by atomic mass is 9.33. The topological polar surface area (TPSA) is 21.1 Å². The summed E-state index contributed by atoms with van der Waals surface area (Å²) in [5.74, 6) is 0. The van der Waals surface area contributed by atoms with Gasteiger partial charge >= 0.3 is 0 Å². The van der Waals surface area contributed by atoms with Crippen LogP contribution in [-0.4, -0.2) is 16.3 Å². The number of aromatic nitrogens is 2. The molecule has 12 aromatic carbocycles. The Bertz CT molecular complexity index is 5180. The first-order valence-corrected chi connectivity index (χ1v) is 32.6. The van der Waals surface area contributed by atoms with Crippen LogP contribution in [0.1, 0.15) is 105 Å². The first kappa shape index (κ1) is 56.5. The van der Waals surface area contributed by atoms with Crippen LogP contribution in [0.4, 0.5) is 17.1 Å². The molecule has 2 aliphatic heterocycles. The summed E-state index contributed by atoms with van der Waals surface area (Å²) in [5.41, 5.74) is 27.7. The van der Waals surface area contributed by atoms with Crippen molar-refractivity contribution in [2.24, 2.45) is 0 Å². The zero-order valence-corrected chi connectivity index (χ0v) is 54.5. The molecule has 0 bridgehead atoms. The molecule has 4 heterocycles. The molecule has 442 valence electrons. The second-order valence-electron chi connectivity index (χ2n) is 30.0. The van der Waals surface area contributed by atoms with Crippen molar-refractivity contribution in [2.45, 2.75) is 105 Å². The van der Waals surface area contributed by atoms with Crippen LogP contribution in [-0.2, 0) is 21.7 Å². The molecule has 0 unspecified atom stereocenters. The van der Waals surface area contributed by atoms with E-state index < -0.39 is 0 Å². The van der Waals surface area contributed by atoms with Crippen LogP contribution >= 0.6 is 0 Å². The van der Waals surface area contributed by atoms with E-state index in [1.165, 1.54) is 132 Å². The van der Waals surface area contributed by atoms with Crippen LogP contribution in [0.25, 0.3) is 115 Å². The minimum atomic E-state index is -0.153. The smallest absolute Gasteiger partial charge is 0.252 e. The average Bonchev–Trinajstić information content (AvgIpc) is 1.61. The lowest BCUT2D eigenvalue weighted by Crippen LogP contribution is -2.60. The van der Waals surface area contributed by atoms with Gasteiger partial charge in [0.15, 0.2) is 0 Å². The molecule has 0 radical (unpaired) electrons. The highest BCUT2D eigenvalue weighted by molar-refractivity contribution is 7.00. The maximum absolute atomic E-state index is 5.18. The zero-order valence-electron chi connectivity index (χ0n) is 54.5. The highest BCUT2D eigenvalue weighted by Gasteiger charge is 2.44. The van der Waals surface area contributed by atoms with Crippen molar-refractivity contribution in [1.82, 2.24) is 9.55 Å². The van der Waals surface area contributed by atoms with E-state index in [2.05, 4.69) is 335 Å². The lowest BCUT2D eigenvalue weighted by molar-refractivity contribution is 0.590. The Balaban J connectivity index is 1.10. The normalized spacial score (nSPS) is 13.2. The molecule has 0 saturated carbocycles. The fourth-order valence-electron chi connectivity index (χ4n) is 15.3. The van der Waals surface area contributed by atoms with Crippen LogP contribution in [0.15, 0.2) is 243 Å². The van der Waals surface area contributed by atoms with Gasteiger partial charge in [0.25, 0.3) is 6.71 Å². The molecular formula is C87H76BN3. The molecule has 14 aromatic rings. The van der Waals surface area contributed by atoms with E-state index in [1.807, 2.05) is 0 Å². The SMILES string of the molecule is CC(C)(C)c1ccc(-c2cncc(-c3ccc(C(C)(C)C)cc3)c2-c2cc3c4c(c2)-n2c5ccc6c7ccccc7c7ccccc7c6c5c5cc(-c6ccccc6-c6ccccc6)cc(c52)B4c2cc(C(C)(C)C)ccc2N3c2ccc(C(C)(C)C)cc2)cc1. The second-order valence-corrected chi connectivity index (χ2v) is 30.0. The van der Waals surface area contributed by atoms with Crippen molar-refractivity contribution in [2.75, 3.05) is 4.90 Å². The summed E-state index contributed by atoms with van der Waals surface area (Å²) in [6, 6.07) is 88.8. The average molecular weight is 1170 g/mol. The number of anilines is 3. The molecule has 16 rings (SSSR count). The number of pyridine rings is 1. The molecule has 0 aliphatic carbocycles. The molecule has 3 nitrogen and oxygen atoms in total. The van der Waals surface area contributed by atoms with Gasteiger partial charge in [-0.1, -0.05) is 271 Å². The predicted octanol–water partition coefficient (Wildman–Crippen LogP) is 21.8. The van der Waals surface area contributed by atoms with E-state index in [0.717, 1.165) is 39.1 Å². The lowest BCUT2D eigenvalue weighted by Gasteiger charge is -2.41. The van der Waals surface area contributed by atoms with Crippen molar-refractivity contribution in [3.05, 3.63) is 265 Å². The summed E-state index contributed by atoms with van der Waals surface area (Å²) in [6.45, 7) is 27.7. The van der Waals surface area contributed by atoms with Gasteiger partial charge in [-0.3, -0.25) is 4.98 Å². The Labute approximate surface area is 536 Å². The first-order chi connectivity index (χ1) is 43.7. The van der Waals surface area contributed by atoms with E-state index >= 15 is 0 Å². The summed E-state index contributed by atoms with van der Waals surface area (Å²) in [5, 5.41) is 10.1. The predicted molar refractivity (Wildman–Crippen MR) is 392 cm³/mol. The Kier molecular flexibility index (Phi) is 12.6. The van der Waals surface area contributed by atoms with Gasteiger partial charge in [-0.15, -0.1) is 0 Å². The largest absolute Gasteiger partial charge is 0.311 e.